The third kappa shape index (κ3) is 4.79. The van der Waals surface area contributed by atoms with Crippen molar-refractivity contribution in [3.63, 3.8) is 0 Å². The summed E-state index contributed by atoms with van der Waals surface area (Å²) in [6, 6.07) is 14.7. The number of hydrogen-bond donors (Lipinski definition) is 1. The molecule has 0 radical (unpaired) electrons. The Morgan fingerprint density at radius 3 is 2.43 bits per heavy atom. The van der Waals surface area contributed by atoms with E-state index >= 15 is 0 Å². The third-order valence-corrected chi connectivity index (χ3v) is 5.02. The van der Waals surface area contributed by atoms with Gasteiger partial charge in [0.2, 0.25) is 0 Å². The third-order valence-electron chi connectivity index (χ3n) is 5.02. The van der Waals surface area contributed by atoms with E-state index in [9.17, 15) is 14.7 Å². The summed E-state index contributed by atoms with van der Waals surface area (Å²) >= 11 is 0. The predicted octanol–water partition coefficient (Wildman–Crippen LogP) is 4.84. The van der Waals surface area contributed by atoms with Crippen molar-refractivity contribution in [1.82, 2.24) is 9.13 Å². The molecule has 5 nitrogen and oxygen atoms in total. The van der Waals surface area contributed by atoms with Gasteiger partial charge >= 0.3 is 11.7 Å². The molecule has 0 spiro atoms. The highest BCUT2D eigenvalue weighted by Crippen LogP contribution is 2.24. The standard InChI is InChI=1S/C25H28N2O3/c1-4-5-8-21-17-26(15-18(2)3)25(30)27(21)16-19-11-13-20(14-12-19)22-9-6-7-10-23(22)24(28)29/h4-7,9-14,17-18H,8,15-16H2,1-3H3,(H,28,29). The fourth-order valence-electron chi connectivity index (χ4n) is 3.57. The second-order valence-corrected chi connectivity index (χ2v) is 7.86. The zero-order valence-electron chi connectivity index (χ0n) is 17.7. The van der Waals surface area contributed by atoms with Gasteiger partial charge in [0.25, 0.3) is 0 Å². The molecule has 1 heterocycles. The monoisotopic (exact) mass is 404 g/mol. The lowest BCUT2D eigenvalue weighted by atomic mass is 9.99. The number of benzene rings is 2. The van der Waals surface area contributed by atoms with E-state index in [1.807, 2.05) is 60.2 Å². The molecule has 0 atom stereocenters. The van der Waals surface area contributed by atoms with Crippen LogP contribution in [0, 0.1) is 5.92 Å². The van der Waals surface area contributed by atoms with Gasteiger partial charge in [-0.15, -0.1) is 0 Å². The second-order valence-electron chi connectivity index (χ2n) is 7.86. The largest absolute Gasteiger partial charge is 0.478 e. The lowest BCUT2D eigenvalue weighted by Crippen LogP contribution is -2.26. The van der Waals surface area contributed by atoms with Crippen molar-refractivity contribution in [3.05, 3.63) is 94.2 Å². The van der Waals surface area contributed by atoms with E-state index in [0.717, 1.165) is 16.8 Å². The van der Waals surface area contributed by atoms with Crippen molar-refractivity contribution in [2.45, 2.75) is 40.3 Å². The summed E-state index contributed by atoms with van der Waals surface area (Å²) in [5, 5.41) is 9.43. The van der Waals surface area contributed by atoms with Gasteiger partial charge in [0.15, 0.2) is 0 Å². The smallest absolute Gasteiger partial charge is 0.336 e. The molecule has 0 unspecified atom stereocenters. The molecular weight excluding hydrogens is 376 g/mol. The fourth-order valence-corrected chi connectivity index (χ4v) is 3.57. The summed E-state index contributed by atoms with van der Waals surface area (Å²) in [4.78, 5) is 24.4. The van der Waals surface area contributed by atoms with Gasteiger partial charge in [0.05, 0.1) is 12.1 Å². The van der Waals surface area contributed by atoms with Crippen molar-refractivity contribution < 1.29 is 9.90 Å². The molecule has 0 bridgehead atoms. The first kappa shape index (κ1) is 21.4. The number of allylic oxidation sites excluding steroid dienone is 2. The maximum absolute atomic E-state index is 12.9. The van der Waals surface area contributed by atoms with Gasteiger partial charge in [-0.3, -0.25) is 9.13 Å². The average molecular weight is 405 g/mol. The van der Waals surface area contributed by atoms with Gasteiger partial charge in [-0.2, -0.15) is 0 Å². The zero-order chi connectivity index (χ0) is 21.7. The Balaban J connectivity index is 1.91. The molecule has 3 rings (SSSR count). The highest BCUT2D eigenvalue weighted by molar-refractivity contribution is 5.95. The minimum Gasteiger partial charge on any atom is -0.478 e. The molecule has 0 saturated heterocycles. The molecule has 30 heavy (non-hydrogen) atoms. The van der Waals surface area contributed by atoms with Crippen LogP contribution in [0.1, 0.15) is 42.4 Å². The first-order valence-corrected chi connectivity index (χ1v) is 10.2. The SMILES string of the molecule is CC=CCc1cn(CC(C)C)c(=O)n1Cc1ccc(-c2ccccc2C(=O)O)cc1. The van der Waals surface area contributed by atoms with E-state index in [0.29, 0.717) is 31.0 Å². The zero-order valence-corrected chi connectivity index (χ0v) is 17.7. The quantitative estimate of drug-likeness (QED) is 0.547. The van der Waals surface area contributed by atoms with E-state index in [4.69, 9.17) is 0 Å². The fraction of sp³-hybridized carbons (Fsp3) is 0.280. The number of aromatic nitrogens is 2. The molecule has 0 saturated carbocycles. The normalized spacial score (nSPS) is 11.5. The summed E-state index contributed by atoms with van der Waals surface area (Å²) in [7, 11) is 0. The Hall–Kier alpha value is -3.34. The maximum atomic E-state index is 12.9. The molecular formula is C25H28N2O3. The molecule has 0 fully saturated rings. The Morgan fingerprint density at radius 2 is 1.80 bits per heavy atom. The van der Waals surface area contributed by atoms with Crippen LogP contribution in [0.2, 0.25) is 0 Å². The maximum Gasteiger partial charge on any atom is 0.336 e. The molecule has 0 amide bonds. The van der Waals surface area contributed by atoms with Crippen molar-refractivity contribution in [3.8, 4) is 11.1 Å². The Morgan fingerprint density at radius 1 is 1.10 bits per heavy atom. The van der Waals surface area contributed by atoms with E-state index in [-0.39, 0.29) is 11.3 Å². The lowest BCUT2D eigenvalue weighted by Gasteiger charge is -2.09. The Bertz CT molecular complexity index is 1100. The molecule has 5 heteroatoms. The first-order chi connectivity index (χ1) is 14.4. The highest BCUT2D eigenvalue weighted by atomic mass is 16.4. The average Bonchev–Trinajstić information content (AvgIpc) is 3.01. The van der Waals surface area contributed by atoms with Crippen LogP contribution in [0.15, 0.2) is 71.7 Å². The van der Waals surface area contributed by atoms with Crippen LogP contribution in [0.4, 0.5) is 0 Å². The number of carbonyl (C=O) groups is 1. The van der Waals surface area contributed by atoms with Crippen LogP contribution in [-0.2, 0) is 19.5 Å². The molecule has 2 aromatic carbocycles. The van der Waals surface area contributed by atoms with Gasteiger partial charge < -0.3 is 5.11 Å². The van der Waals surface area contributed by atoms with Gasteiger partial charge in [-0.05, 0) is 35.6 Å². The molecule has 0 aliphatic carbocycles. The minimum absolute atomic E-state index is 0.00324. The van der Waals surface area contributed by atoms with E-state index in [2.05, 4.69) is 19.9 Å². The Kier molecular flexibility index (Phi) is 6.72. The summed E-state index contributed by atoms with van der Waals surface area (Å²) < 4.78 is 3.61. The van der Waals surface area contributed by atoms with Gasteiger partial charge in [-0.1, -0.05) is 68.5 Å². The van der Waals surface area contributed by atoms with Gasteiger partial charge in [0, 0.05) is 24.9 Å². The first-order valence-electron chi connectivity index (χ1n) is 10.2. The van der Waals surface area contributed by atoms with Gasteiger partial charge in [-0.25, -0.2) is 9.59 Å². The molecule has 0 aliphatic rings. The number of aromatic carboxylic acids is 1. The molecule has 1 aromatic heterocycles. The van der Waals surface area contributed by atoms with Gasteiger partial charge in [0.1, 0.15) is 0 Å². The highest BCUT2D eigenvalue weighted by Gasteiger charge is 2.13. The number of imidazole rings is 1. The minimum atomic E-state index is -0.943. The second kappa shape index (κ2) is 9.44. The van der Waals surface area contributed by atoms with E-state index < -0.39 is 5.97 Å². The molecule has 0 aliphatic heterocycles. The van der Waals surface area contributed by atoms with Crippen molar-refractivity contribution in [1.29, 1.82) is 0 Å². The van der Waals surface area contributed by atoms with Crippen molar-refractivity contribution in [2.75, 3.05) is 0 Å². The van der Waals surface area contributed by atoms with Crippen molar-refractivity contribution >= 4 is 5.97 Å². The number of nitrogens with zero attached hydrogens (tertiary/aromatic N) is 2. The Labute approximate surface area is 176 Å². The lowest BCUT2D eigenvalue weighted by molar-refractivity contribution is 0.0697. The van der Waals surface area contributed by atoms with Crippen LogP contribution in [-0.4, -0.2) is 20.2 Å². The topological polar surface area (TPSA) is 64.2 Å². The van der Waals surface area contributed by atoms with E-state index in [1.54, 1.807) is 16.7 Å². The molecule has 156 valence electrons. The summed E-state index contributed by atoms with van der Waals surface area (Å²) in [6.07, 6.45) is 6.71. The van der Waals surface area contributed by atoms with Crippen molar-refractivity contribution in [2.24, 2.45) is 5.92 Å². The van der Waals surface area contributed by atoms with Crippen LogP contribution in [0.25, 0.3) is 11.1 Å². The number of carboxylic acid groups (broad SMARTS) is 1. The molecule has 1 N–H and O–H groups in total. The van der Waals surface area contributed by atoms with E-state index in [1.165, 1.54) is 0 Å². The summed E-state index contributed by atoms with van der Waals surface area (Å²) in [6.45, 7) is 7.35. The number of hydrogen-bond acceptors (Lipinski definition) is 2. The summed E-state index contributed by atoms with van der Waals surface area (Å²) in [5.41, 5.74) is 3.79. The summed E-state index contributed by atoms with van der Waals surface area (Å²) in [5.74, 6) is -0.553. The van der Waals surface area contributed by atoms with Crippen LogP contribution in [0.3, 0.4) is 0 Å². The van der Waals surface area contributed by atoms with Crippen LogP contribution < -0.4 is 5.69 Å². The number of rotatable bonds is 8. The number of carboxylic acids is 1. The van der Waals surface area contributed by atoms with Crippen LogP contribution in [0.5, 0.6) is 0 Å². The predicted molar refractivity (Wildman–Crippen MR) is 120 cm³/mol. The van der Waals surface area contributed by atoms with Crippen LogP contribution >= 0.6 is 0 Å². The molecule has 3 aromatic rings.